The number of nitrogens with zero attached hydrogens (tertiary/aromatic N) is 3. The highest BCUT2D eigenvalue weighted by Gasteiger charge is 2.22. The number of benzene rings is 1. The van der Waals surface area contributed by atoms with E-state index in [1.807, 2.05) is 24.5 Å². The van der Waals surface area contributed by atoms with E-state index in [0.717, 1.165) is 30.2 Å². The Morgan fingerprint density at radius 3 is 2.68 bits per heavy atom. The van der Waals surface area contributed by atoms with Gasteiger partial charge >= 0.3 is 0 Å². The maximum absolute atomic E-state index is 4.74. The Kier molecular flexibility index (Phi) is 3.17. The predicted octanol–water partition coefficient (Wildman–Crippen LogP) is 1.86. The number of nitrogens with one attached hydrogen (secondary N) is 1. The molecule has 0 aliphatic carbocycles. The minimum absolute atomic E-state index is 0.529. The second kappa shape index (κ2) is 4.97. The lowest BCUT2D eigenvalue weighted by atomic mass is 10.1. The van der Waals surface area contributed by atoms with Crippen molar-refractivity contribution in [1.29, 1.82) is 0 Å². The molecule has 2 heterocycles. The van der Waals surface area contributed by atoms with Gasteiger partial charge in [0.05, 0.1) is 24.1 Å². The number of likely N-dealkylation sites (N-methyl/N-ethyl adjacent to an activating group) is 1. The van der Waals surface area contributed by atoms with Crippen molar-refractivity contribution in [3.8, 4) is 11.3 Å². The fourth-order valence-corrected chi connectivity index (χ4v) is 2.25. The summed E-state index contributed by atoms with van der Waals surface area (Å²) in [5.74, 6) is 0.937. The molecule has 19 heavy (non-hydrogen) atoms. The van der Waals surface area contributed by atoms with E-state index in [-0.39, 0.29) is 0 Å². The van der Waals surface area contributed by atoms with E-state index in [2.05, 4.69) is 41.3 Å². The van der Waals surface area contributed by atoms with Crippen LogP contribution in [0.15, 0.2) is 36.7 Å². The number of hydrogen-bond acceptors (Lipinski definition) is 4. The maximum atomic E-state index is 4.74. The lowest BCUT2D eigenvalue weighted by Crippen LogP contribution is -2.56. The van der Waals surface area contributed by atoms with Gasteiger partial charge in [-0.05, 0) is 12.5 Å². The Balaban J connectivity index is 1.93. The molecule has 0 atom stereocenters. The molecule has 98 valence electrons. The summed E-state index contributed by atoms with van der Waals surface area (Å²) < 4.78 is 0. The van der Waals surface area contributed by atoms with Crippen molar-refractivity contribution >= 4 is 5.82 Å². The van der Waals surface area contributed by atoms with Crippen molar-refractivity contribution in [2.45, 2.75) is 13.0 Å². The van der Waals surface area contributed by atoms with Crippen molar-refractivity contribution in [3.63, 3.8) is 0 Å². The van der Waals surface area contributed by atoms with Gasteiger partial charge in [-0.1, -0.05) is 24.3 Å². The van der Waals surface area contributed by atoms with Crippen LogP contribution in [0.4, 0.5) is 5.82 Å². The summed E-state index contributed by atoms with van der Waals surface area (Å²) in [6.45, 7) is 4.14. The Hall–Kier alpha value is -1.94. The second-order valence-corrected chi connectivity index (χ2v) is 5.00. The van der Waals surface area contributed by atoms with Crippen LogP contribution in [0.25, 0.3) is 11.3 Å². The molecule has 1 N–H and O–H groups in total. The summed E-state index contributed by atoms with van der Waals surface area (Å²) in [7, 11) is 2.08. The fraction of sp³-hybridized carbons (Fsp3) is 0.333. The molecule has 1 aromatic carbocycles. The van der Waals surface area contributed by atoms with E-state index in [9.17, 15) is 0 Å². The van der Waals surface area contributed by atoms with Crippen LogP contribution in [-0.2, 0) is 0 Å². The Morgan fingerprint density at radius 1 is 1.21 bits per heavy atom. The van der Waals surface area contributed by atoms with Crippen LogP contribution in [-0.4, -0.2) is 36.1 Å². The summed E-state index contributed by atoms with van der Waals surface area (Å²) in [5, 5.41) is 3.28. The molecule has 0 spiro atoms. The van der Waals surface area contributed by atoms with E-state index in [4.69, 9.17) is 4.98 Å². The molecule has 4 nitrogen and oxygen atoms in total. The largest absolute Gasteiger partial charge is 0.353 e. The summed E-state index contributed by atoms with van der Waals surface area (Å²) in [4.78, 5) is 11.3. The minimum Gasteiger partial charge on any atom is -0.353 e. The van der Waals surface area contributed by atoms with Crippen molar-refractivity contribution in [3.05, 3.63) is 42.2 Å². The van der Waals surface area contributed by atoms with Gasteiger partial charge in [0.2, 0.25) is 0 Å². The smallest absolute Gasteiger partial charge is 0.147 e. The van der Waals surface area contributed by atoms with Gasteiger partial charge in [0.25, 0.3) is 0 Å². The van der Waals surface area contributed by atoms with Crippen LogP contribution >= 0.6 is 0 Å². The highest BCUT2D eigenvalue weighted by molar-refractivity contribution is 5.64. The molecular formula is C15H18N4. The molecule has 0 unspecified atom stereocenters. The van der Waals surface area contributed by atoms with E-state index < -0.39 is 0 Å². The number of hydrogen-bond donors (Lipinski definition) is 1. The normalized spacial score (nSPS) is 15.1. The summed E-state index contributed by atoms with van der Waals surface area (Å²) in [5.41, 5.74) is 3.31. The van der Waals surface area contributed by atoms with Gasteiger partial charge in [-0.3, -0.25) is 4.98 Å². The van der Waals surface area contributed by atoms with Crippen LogP contribution < -0.4 is 10.2 Å². The van der Waals surface area contributed by atoms with E-state index in [0.29, 0.717) is 6.04 Å². The standard InChI is InChI=1S/C15H18N4/c1-11-5-3-4-6-13(11)14-9-17-10-15(18-14)19(2)12-7-16-8-12/h3-6,9-10,12,16H,7-8H2,1-2H3. The van der Waals surface area contributed by atoms with Gasteiger partial charge in [0.1, 0.15) is 5.82 Å². The third kappa shape index (κ3) is 2.31. The van der Waals surface area contributed by atoms with Crippen molar-refractivity contribution in [1.82, 2.24) is 15.3 Å². The summed E-state index contributed by atoms with van der Waals surface area (Å²) >= 11 is 0. The molecule has 1 aliphatic rings. The van der Waals surface area contributed by atoms with E-state index in [1.54, 1.807) is 0 Å². The first-order valence-corrected chi connectivity index (χ1v) is 6.57. The molecule has 3 rings (SSSR count). The predicted molar refractivity (Wildman–Crippen MR) is 77.3 cm³/mol. The molecule has 1 saturated heterocycles. The van der Waals surface area contributed by atoms with Gasteiger partial charge < -0.3 is 10.2 Å². The summed E-state index contributed by atoms with van der Waals surface area (Å²) in [6.07, 6.45) is 3.67. The van der Waals surface area contributed by atoms with Crippen LogP contribution in [0.2, 0.25) is 0 Å². The van der Waals surface area contributed by atoms with Crippen LogP contribution in [0.3, 0.4) is 0 Å². The van der Waals surface area contributed by atoms with Crippen molar-refractivity contribution in [2.24, 2.45) is 0 Å². The molecule has 0 amide bonds. The van der Waals surface area contributed by atoms with Gasteiger partial charge in [0.15, 0.2) is 0 Å². The lowest BCUT2D eigenvalue weighted by Gasteiger charge is -2.36. The van der Waals surface area contributed by atoms with Crippen LogP contribution in [0, 0.1) is 6.92 Å². The maximum Gasteiger partial charge on any atom is 0.147 e. The lowest BCUT2D eigenvalue weighted by molar-refractivity contribution is 0.426. The Morgan fingerprint density at radius 2 is 2.00 bits per heavy atom. The molecule has 1 aliphatic heterocycles. The number of aromatic nitrogens is 2. The third-order valence-corrected chi connectivity index (χ3v) is 3.71. The van der Waals surface area contributed by atoms with E-state index in [1.165, 1.54) is 5.56 Å². The first-order valence-electron chi connectivity index (χ1n) is 6.57. The van der Waals surface area contributed by atoms with Gasteiger partial charge in [-0.15, -0.1) is 0 Å². The van der Waals surface area contributed by atoms with Crippen LogP contribution in [0.1, 0.15) is 5.56 Å². The molecule has 0 radical (unpaired) electrons. The Labute approximate surface area is 113 Å². The van der Waals surface area contributed by atoms with Crippen LogP contribution in [0.5, 0.6) is 0 Å². The molecule has 4 heteroatoms. The second-order valence-electron chi connectivity index (χ2n) is 5.00. The average Bonchev–Trinajstić information content (AvgIpc) is 2.37. The highest BCUT2D eigenvalue weighted by Crippen LogP contribution is 2.23. The molecule has 0 bridgehead atoms. The number of anilines is 1. The third-order valence-electron chi connectivity index (χ3n) is 3.71. The monoisotopic (exact) mass is 254 g/mol. The molecule has 1 fully saturated rings. The number of aryl methyl sites for hydroxylation is 1. The van der Waals surface area contributed by atoms with Gasteiger partial charge in [-0.2, -0.15) is 0 Å². The zero-order valence-electron chi connectivity index (χ0n) is 11.3. The van der Waals surface area contributed by atoms with Gasteiger partial charge in [-0.25, -0.2) is 4.98 Å². The molecule has 2 aromatic rings. The highest BCUT2D eigenvalue weighted by atomic mass is 15.3. The van der Waals surface area contributed by atoms with Crippen molar-refractivity contribution in [2.75, 3.05) is 25.0 Å². The molecule has 1 aromatic heterocycles. The minimum atomic E-state index is 0.529. The SMILES string of the molecule is Cc1ccccc1-c1cncc(N(C)C2CNC2)n1. The fourth-order valence-electron chi connectivity index (χ4n) is 2.25. The molecule has 0 saturated carbocycles. The quantitative estimate of drug-likeness (QED) is 0.907. The average molecular weight is 254 g/mol. The zero-order valence-corrected chi connectivity index (χ0v) is 11.3. The zero-order chi connectivity index (χ0) is 13.2. The topological polar surface area (TPSA) is 41.1 Å². The number of rotatable bonds is 3. The molecular weight excluding hydrogens is 236 g/mol. The first kappa shape index (κ1) is 12.1. The summed E-state index contributed by atoms with van der Waals surface area (Å²) in [6, 6.07) is 8.80. The Bertz CT molecular complexity index is 578. The van der Waals surface area contributed by atoms with Crippen molar-refractivity contribution < 1.29 is 0 Å². The van der Waals surface area contributed by atoms with E-state index >= 15 is 0 Å². The first-order chi connectivity index (χ1) is 9.25. The van der Waals surface area contributed by atoms with Gasteiger partial charge in [0, 0.05) is 25.7 Å².